The molecule has 5 rings (SSSR count). The van der Waals surface area contributed by atoms with Crippen LogP contribution in [0.25, 0.3) is 16.8 Å². The topological polar surface area (TPSA) is 38.8 Å². The zero-order valence-corrected chi connectivity index (χ0v) is 22.9. The number of thioether (sulfide) groups is 1. The Morgan fingerprint density at radius 3 is 2.56 bits per heavy atom. The molecule has 1 heterocycles. The van der Waals surface area contributed by atoms with Crippen LogP contribution in [0.3, 0.4) is 0 Å². The summed E-state index contributed by atoms with van der Waals surface area (Å²) in [6.07, 6.45) is 1.83. The van der Waals surface area contributed by atoms with Crippen LogP contribution >= 0.6 is 39.9 Å². The Bertz CT molecular complexity index is 1510. The number of hydrogen-bond donors (Lipinski definition) is 0. The van der Waals surface area contributed by atoms with Crippen molar-refractivity contribution in [3.8, 4) is 11.5 Å². The van der Waals surface area contributed by atoms with Crippen LogP contribution in [0.4, 0.5) is 5.69 Å². The van der Waals surface area contributed by atoms with Gasteiger partial charge in [0.15, 0.2) is 15.8 Å². The van der Waals surface area contributed by atoms with Crippen LogP contribution in [0.15, 0.2) is 88.2 Å². The van der Waals surface area contributed by atoms with E-state index < -0.39 is 0 Å². The number of thiocarbonyl (C=S) groups is 1. The third kappa shape index (κ3) is 4.91. The normalized spacial score (nSPS) is 14.6. The molecule has 4 aromatic carbocycles. The number of fused-ring (bicyclic) bond motifs is 1. The van der Waals surface area contributed by atoms with E-state index in [2.05, 4.69) is 40.2 Å². The van der Waals surface area contributed by atoms with E-state index in [0.717, 1.165) is 32.2 Å². The van der Waals surface area contributed by atoms with Gasteiger partial charge in [-0.3, -0.25) is 9.69 Å². The minimum atomic E-state index is -0.139. The third-order valence-electron chi connectivity index (χ3n) is 5.89. The number of nitrogens with zero attached hydrogens (tertiary/aromatic N) is 1. The first kappa shape index (κ1) is 24.6. The predicted octanol–water partition coefficient (Wildman–Crippen LogP) is 7.90. The fourth-order valence-corrected chi connectivity index (χ4v) is 5.94. The van der Waals surface area contributed by atoms with Crippen LogP contribution in [0.2, 0.25) is 0 Å². The second-order valence-electron chi connectivity index (χ2n) is 8.31. The lowest BCUT2D eigenvalue weighted by molar-refractivity contribution is -0.113. The second-order valence-corrected chi connectivity index (χ2v) is 10.8. The molecule has 0 atom stereocenters. The van der Waals surface area contributed by atoms with E-state index in [1.165, 1.54) is 17.1 Å². The van der Waals surface area contributed by atoms with Crippen molar-refractivity contribution in [2.75, 3.05) is 12.0 Å². The maximum atomic E-state index is 13.2. The van der Waals surface area contributed by atoms with Gasteiger partial charge in [-0.15, -0.1) is 0 Å². The van der Waals surface area contributed by atoms with Crippen LogP contribution in [0.1, 0.15) is 16.7 Å². The Morgan fingerprint density at radius 2 is 1.78 bits per heavy atom. The van der Waals surface area contributed by atoms with Crippen molar-refractivity contribution in [1.82, 2.24) is 0 Å². The number of methoxy groups -OCH3 is 1. The van der Waals surface area contributed by atoms with Crippen LogP contribution in [-0.4, -0.2) is 17.3 Å². The molecule has 4 aromatic rings. The minimum Gasteiger partial charge on any atom is -0.493 e. The second kappa shape index (κ2) is 10.5. The molecule has 1 fully saturated rings. The van der Waals surface area contributed by atoms with Crippen molar-refractivity contribution in [2.45, 2.75) is 13.5 Å². The molecule has 0 radical (unpaired) electrons. The lowest BCUT2D eigenvalue weighted by Gasteiger charge is -2.15. The highest BCUT2D eigenvalue weighted by Gasteiger charge is 2.33. The minimum absolute atomic E-state index is 0.139. The van der Waals surface area contributed by atoms with E-state index in [4.69, 9.17) is 21.7 Å². The van der Waals surface area contributed by atoms with Gasteiger partial charge in [0.05, 0.1) is 22.2 Å². The summed E-state index contributed by atoms with van der Waals surface area (Å²) in [4.78, 5) is 15.3. The Morgan fingerprint density at radius 1 is 1.03 bits per heavy atom. The SMILES string of the molecule is COc1cc(/C=C2\SC(=S)N(c3ccc(C)cc3)C2=O)cc(Br)c1OCc1cccc2ccccc12. The van der Waals surface area contributed by atoms with Gasteiger partial charge in [-0.05, 0) is 75.1 Å². The largest absolute Gasteiger partial charge is 0.493 e. The Balaban J connectivity index is 1.40. The van der Waals surface area contributed by atoms with Gasteiger partial charge >= 0.3 is 0 Å². The molecule has 4 nitrogen and oxygen atoms in total. The maximum Gasteiger partial charge on any atom is 0.270 e. The van der Waals surface area contributed by atoms with Crippen LogP contribution in [0, 0.1) is 6.92 Å². The Labute approximate surface area is 228 Å². The molecule has 1 aliphatic heterocycles. The number of amides is 1. The fourth-order valence-electron chi connectivity index (χ4n) is 4.07. The van der Waals surface area contributed by atoms with Gasteiger partial charge in [-0.2, -0.15) is 0 Å². The number of ether oxygens (including phenoxy) is 2. The number of benzene rings is 4. The van der Waals surface area contributed by atoms with Crippen molar-refractivity contribution < 1.29 is 14.3 Å². The summed E-state index contributed by atoms with van der Waals surface area (Å²) in [5.41, 5.74) is 3.79. The summed E-state index contributed by atoms with van der Waals surface area (Å²) < 4.78 is 13.1. The van der Waals surface area contributed by atoms with E-state index in [9.17, 15) is 4.79 Å². The highest BCUT2D eigenvalue weighted by Crippen LogP contribution is 2.40. The van der Waals surface area contributed by atoms with E-state index >= 15 is 0 Å². The van der Waals surface area contributed by atoms with Crippen molar-refractivity contribution in [1.29, 1.82) is 0 Å². The summed E-state index contributed by atoms with van der Waals surface area (Å²) in [5.74, 6) is 1.04. The van der Waals surface area contributed by atoms with E-state index in [0.29, 0.717) is 27.3 Å². The monoisotopic (exact) mass is 575 g/mol. The molecular weight excluding hydrogens is 554 g/mol. The third-order valence-corrected chi connectivity index (χ3v) is 7.78. The standard InChI is InChI=1S/C29H22BrNO3S2/c1-18-10-12-22(13-11-18)31-28(32)26(36-29(31)35)16-19-14-24(30)27(25(15-19)33-2)34-17-21-8-5-7-20-6-3-4-9-23(20)21/h3-16H,17H2,1-2H3/b26-16-. The van der Waals surface area contributed by atoms with Crippen molar-refractivity contribution in [3.63, 3.8) is 0 Å². The summed E-state index contributed by atoms with van der Waals surface area (Å²) >= 11 is 10.4. The fraction of sp³-hybridized carbons (Fsp3) is 0.103. The molecule has 0 N–H and O–H groups in total. The molecule has 0 aliphatic carbocycles. The molecule has 7 heteroatoms. The number of carbonyl (C=O) groups is 1. The zero-order valence-electron chi connectivity index (χ0n) is 19.7. The highest BCUT2D eigenvalue weighted by atomic mass is 79.9. The van der Waals surface area contributed by atoms with E-state index in [1.54, 1.807) is 12.0 Å². The quantitative estimate of drug-likeness (QED) is 0.172. The Kier molecular flexibility index (Phi) is 7.14. The number of rotatable bonds is 6. The zero-order chi connectivity index (χ0) is 25.2. The molecule has 1 amide bonds. The van der Waals surface area contributed by atoms with Crippen molar-refractivity contribution in [2.24, 2.45) is 0 Å². The van der Waals surface area contributed by atoms with Crippen molar-refractivity contribution in [3.05, 3.63) is 105 Å². The molecule has 36 heavy (non-hydrogen) atoms. The summed E-state index contributed by atoms with van der Waals surface area (Å²) in [6.45, 7) is 2.40. The summed E-state index contributed by atoms with van der Waals surface area (Å²) in [7, 11) is 1.60. The maximum absolute atomic E-state index is 13.2. The molecule has 0 spiro atoms. The van der Waals surface area contributed by atoms with Crippen molar-refractivity contribution >= 4 is 72.7 Å². The van der Waals surface area contributed by atoms with Gasteiger partial charge < -0.3 is 9.47 Å². The number of aryl methyl sites for hydroxylation is 1. The van der Waals surface area contributed by atoms with Gasteiger partial charge in [0.1, 0.15) is 6.61 Å². The number of carbonyl (C=O) groups excluding carboxylic acids is 1. The summed E-state index contributed by atoms with van der Waals surface area (Å²) in [5, 5.41) is 2.32. The molecule has 0 aromatic heterocycles. The molecule has 0 saturated carbocycles. The average molecular weight is 577 g/mol. The molecule has 0 unspecified atom stereocenters. The van der Waals surface area contributed by atoms with Gasteiger partial charge in [-0.1, -0.05) is 84.1 Å². The average Bonchev–Trinajstić information content (AvgIpc) is 3.16. The highest BCUT2D eigenvalue weighted by molar-refractivity contribution is 9.10. The van der Waals surface area contributed by atoms with E-state index in [-0.39, 0.29) is 5.91 Å². The lowest BCUT2D eigenvalue weighted by Crippen LogP contribution is -2.27. The molecule has 1 aliphatic rings. The first-order valence-electron chi connectivity index (χ1n) is 11.3. The van der Waals surface area contributed by atoms with Gasteiger partial charge in [0, 0.05) is 0 Å². The molecule has 180 valence electrons. The van der Waals surface area contributed by atoms with E-state index in [1.807, 2.05) is 67.6 Å². The molecular formula is C29H22BrNO3S2. The Hall–Kier alpha value is -3.13. The van der Waals surface area contributed by atoms with Gasteiger partial charge in [0.2, 0.25) is 0 Å². The number of anilines is 1. The smallest absolute Gasteiger partial charge is 0.270 e. The van der Waals surface area contributed by atoms with Crippen LogP contribution < -0.4 is 14.4 Å². The molecule has 0 bridgehead atoms. The predicted molar refractivity (Wildman–Crippen MR) is 156 cm³/mol. The first-order valence-corrected chi connectivity index (χ1v) is 13.3. The number of hydrogen-bond acceptors (Lipinski definition) is 5. The first-order chi connectivity index (χ1) is 17.4. The molecule has 1 saturated heterocycles. The lowest BCUT2D eigenvalue weighted by atomic mass is 10.1. The van der Waals surface area contributed by atoms with Gasteiger partial charge in [-0.25, -0.2) is 0 Å². The number of halogens is 1. The van der Waals surface area contributed by atoms with Crippen LogP contribution in [0.5, 0.6) is 11.5 Å². The summed E-state index contributed by atoms with van der Waals surface area (Å²) in [6, 6.07) is 26.0. The van der Waals surface area contributed by atoms with Gasteiger partial charge in [0.25, 0.3) is 5.91 Å². The van der Waals surface area contributed by atoms with Crippen LogP contribution in [-0.2, 0) is 11.4 Å².